The van der Waals surface area contributed by atoms with E-state index in [1.807, 2.05) is 37.3 Å². The highest BCUT2D eigenvalue weighted by Gasteiger charge is 2.14. The van der Waals surface area contributed by atoms with Crippen molar-refractivity contribution in [1.29, 1.82) is 0 Å². The van der Waals surface area contributed by atoms with Crippen molar-refractivity contribution in [3.8, 4) is 0 Å². The lowest BCUT2D eigenvalue weighted by molar-refractivity contribution is -0.154. The van der Waals surface area contributed by atoms with Crippen LogP contribution >= 0.6 is 0 Å². The van der Waals surface area contributed by atoms with Gasteiger partial charge in [0.25, 0.3) is 0 Å². The topological polar surface area (TPSA) is 67.8 Å². The first-order valence-electron chi connectivity index (χ1n) is 6.28. The number of hydrogen-bond acceptors (Lipinski definition) is 4. The number of hydrogen-bond donors (Lipinski definition) is 1. The Morgan fingerprint density at radius 3 is 2.47 bits per heavy atom. The molecule has 1 aromatic carbocycles. The third kappa shape index (κ3) is 4.91. The molecule has 5 heteroatoms. The lowest BCUT2D eigenvalue weighted by Gasteiger charge is -2.06. The van der Waals surface area contributed by atoms with Crippen LogP contribution in [0.25, 0.3) is 0 Å². The lowest BCUT2D eigenvalue weighted by atomic mass is 10.1. The van der Waals surface area contributed by atoms with Crippen molar-refractivity contribution in [2.45, 2.75) is 26.7 Å². The summed E-state index contributed by atoms with van der Waals surface area (Å²) in [5.41, 5.74) is 3.89. The van der Waals surface area contributed by atoms with Gasteiger partial charge in [0.15, 0.2) is 0 Å². The summed E-state index contributed by atoms with van der Waals surface area (Å²) in [7, 11) is 0. The Morgan fingerprint density at radius 2 is 1.89 bits per heavy atom. The summed E-state index contributed by atoms with van der Waals surface area (Å²) in [4.78, 5) is 22.5. The van der Waals surface area contributed by atoms with Crippen LogP contribution in [0.15, 0.2) is 35.4 Å². The SMILES string of the molecule is CCC/C(=N\NC(=O)C(=O)OCC)c1ccccc1. The maximum atomic E-state index is 11.4. The number of hydrazone groups is 1. The summed E-state index contributed by atoms with van der Waals surface area (Å²) in [6, 6.07) is 9.52. The molecule has 0 aliphatic carbocycles. The van der Waals surface area contributed by atoms with Crippen molar-refractivity contribution in [3.05, 3.63) is 35.9 Å². The Kier molecular flexibility index (Phi) is 6.29. The molecule has 0 fully saturated rings. The van der Waals surface area contributed by atoms with Gasteiger partial charge in [0.05, 0.1) is 12.3 Å². The smallest absolute Gasteiger partial charge is 0.398 e. The fourth-order valence-corrected chi connectivity index (χ4v) is 1.49. The van der Waals surface area contributed by atoms with Crippen LogP contribution in [0.1, 0.15) is 32.3 Å². The largest absolute Gasteiger partial charge is 0.459 e. The fraction of sp³-hybridized carbons (Fsp3) is 0.357. The zero-order valence-corrected chi connectivity index (χ0v) is 11.2. The molecule has 1 rings (SSSR count). The molecule has 0 saturated heterocycles. The van der Waals surface area contributed by atoms with E-state index in [9.17, 15) is 9.59 Å². The highest BCUT2D eigenvalue weighted by Crippen LogP contribution is 2.05. The molecule has 0 aliphatic heterocycles. The Bertz CT molecular complexity index is 455. The van der Waals surface area contributed by atoms with Crippen molar-refractivity contribution in [2.24, 2.45) is 5.10 Å². The molecule has 0 unspecified atom stereocenters. The highest BCUT2D eigenvalue weighted by atomic mass is 16.5. The summed E-state index contributed by atoms with van der Waals surface area (Å²) in [6.07, 6.45) is 1.61. The van der Waals surface area contributed by atoms with E-state index in [4.69, 9.17) is 0 Å². The Hall–Kier alpha value is -2.17. The number of esters is 1. The third-order valence-electron chi connectivity index (χ3n) is 2.35. The molecule has 102 valence electrons. The Morgan fingerprint density at radius 1 is 1.21 bits per heavy atom. The van der Waals surface area contributed by atoms with E-state index in [0.717, 1.165) is 17.7 Å². The average Bonchev–Trinajstić information content (AvgIpc) is 2.44. The molecule has 0 spiro atoms. The van der Waals surface area contributed by atoms with Gasteiger partial charge < -0.3 is 4.74 Å². The van der Waals surface area contributed by atoms with Gasteiger partial charge in [-0.05, 0) is 18.9 Å². The quantitative estimate of drug-likeness (QED) is 0.381. The second-order valence-corrected chi connectivity index (χ2v) is 3.84. The van der Waals surface area contributed by atoms with Gasteiger partial charge in [-0.25, -0.2) is 10.2 Å². The van der Waals surface area contributed by atoms with Gasteiger partial charge in [0, 0.05) is 0 Å². The van der Waals surface area contributed by atoms with Gasteiger partial charge in [0.2, 0.25) is 0 Å². The van der Waals surface area contributed by atoms with Crippen LogP contribution in [0.2, 0.25) is 0 Å². The van der Waals surface area contributed by atoms with E-state index in [1.165, 1.54) is 0 Å². The summed E-state index contributed by atoms with van der Waals surface area (Å²) < 4.78 is 4.58. The first-order chi connectivity index (χ1) is 9.19. The second kappa shape index (κ2) is 8.02. The van der Waals surface area contributed by atoms with Gasteiger partial charge in [0.1, 0.15) is 0 Å². The molecule has 1 N–H and O–H groups in total. The number of ether oxygens (including phenoxy) is 1. The van der Waals surface area contributed by atoms with E-state index in [-0.39, 0.29) is 6.61 Å². The van der Waals surface area contributed by atoms with E-state index in [2.05, 4.69) is 15.3 Å². The van der Waals surface area contributed by atoms with Crippen LogP contribution in [0, 0.1) is 0 Å². The summed E-state index contributed by atoms with van der Waals surface area (Å²) in [5, 5.41) is 4.00. The summed E-state index contributed by atoms with van der Waals surface area (Å²) in [6.45, 7) is 3.82. The highest BCUT2D eigenvalue weighted by molar-refractivity contribution is 6.32. The third-order valence-corrected chi connectivity index (χ3v) is 2.35. The first-order valence-corrected chi connectivity index (χ1v) is 6.28. The van der Waals surface area contributed by atoms with E-state index < -0.39 is 11.9 Å². The van der Waals surface area contributed by atoms with Crippen LogP contribution in [0.5, 0.6) is 0 Å². The number of carbonyl (C=O) groups is 2. The normalized spacial score (nSPS) is 10.9. The molecule has 1 aromatic rings. The number of rotatable bonds is 5. The van der Waals surface area contributed by atoms with Crippen molar-refractivity contribution in [3.63, 3.8) is 0 Å². The Balaban J connectivity index is 2.75. The molecule has 0 radical (unpaired) electrons. The minimum absolute atomic E-state index is 0.163. The summed E-state index contributed by atoms with van der Waals surface area (Å²) in [5.74, 6) is -1.78. The van der Waals surface area contributed by atoms with E-state index >= 15 is 0 Å². The predicted molar refractivity (Wildman–Crippen MR) is 72.7 cm³/mol. The predicted octanol–water partition coefficient (Wildman–Crippen LogP) is 1.87. The molecule has 0 aliphatic rings. The van der Waals surface area contributed by atoms with Crippen LogP contribution in [-0.4, -0.2) is 24.2 Å². The molecule has 5 nitrogen and oxygen atoms in total. The van der Waals surface area contributed by atoms with Crippen molar-refractivity contribution in [1.82, 2.24) is 5.43 Å². The van der Waals surface area contributed by atoms with Crippen molar-refractivity contribution >= 4 is 17.6 Å². The number of amides is 1. The van der Waals surface area contributed by atoms with Crippen molar-refractivity contribution in [2.75, 3.05) is 6.61 Å². The van der Waals surface area contributed by atoms with Gasteiger partial charge in [-0.15, -0.1) is 0 Å². The lowest BCUT2D eigenvalue weighted by Crippen LogP contribution is -2.29. The van der Waals surface area contributed by atoms with E-state index in [0.29, 0.717) is 6.42 Å². The second-order valence-electron chi connectivity index (χ2n) is 3.84. The summed E-state index contributed by atoms with van der Waals surface area (Å²) >= 11 is 0. The molecule has 19 heavy (non-hydrogen) atoms. The standard InChI is InChI=1S/C14H18N2O3/c1-3-8-12(11-9-6-5-7-10-11)15-16-13(17)14(18)19-4-2/h5-7,9-10H,3-4,8H2,1-2H3,(H,16,17)/b15-12+. The monoisotopic (exact) mass is 262 g/mol. The zero-order chi connectivity index (χ0) is 14.1. The zero-order valence-electron chi connectivity index (χ0n) is 11.2. The molecule has 1 amide bonds. The maximum Gasteiger partial charge on any atom is 0.398 e. The van der Waals surface area contributed by atoms with Crippen LogP contribution in [0.3, 0.4) is 0 Å². The van der Waals surface area contributed by atoms with Gasteiger partial charge in [-0.1, -0.05) is 43.7 Å². The maximum absolute atomic E-state index is 11.4. The van der Waals surface area contributed by atoms with Gasteiger partial charge >= 0.3 is 11.9 Å². The number of nitrogens with one attached hydrogen (secondary N) is 1. The molecule has 0 bridgehead atoms. The molecule has 0 saturated carbocycles. The molecule has 0 aromatic heterocycles. The molecular weight excluding hydrogens is 244 g/mol. The Labute approximate surface area is 112 Å². The van der Waals surface area contributed by atoms with Crippen LogP contribution in [0.4, 0.5) is 0 Å². The van der Waals surface area contributed by atoms with Crippen molar-refractivity contribution < 1.29 is 14.3 Å². The molecular formula is C14H18N2O3. The van der Waals surface area contributed by atoms with E-state index in [1.54, 1.807) is 6.92 Å². The average molecular weight is 262 g/mol. The van der Waals surface area contributed by atoms with Crippen LogP contribution < -0.4 is 5.43 Å². The minimum Gasteiger partial charge on any atom is -0.459 e. The molecule has 0 atom stereocenters. The molecule has 0 heterocycles. The first kappa shape index (κ1) is 14.9. The van der Waals surface area contributed by atoms with Crippen LogP contribution in [-0.2, 0) is 14.3 Å². The fourth-order valence-electron chi connectivity index (χ4n) is 1.49. The number of nitrogens with zero attached hydrogens (tertiary/aromatic N) is 1. The minimum atomic E-state index is -0.921. The van der Waals surface area contributed by atoms with Gasteiger partial charge in [-0.2, -0.15) is 5.10 Å². The number of benzene rings is 1. The van der Waals surface area contributed by atoms with Gasteiger partial charge in [-0.3, -0.25) is 4.79 Å². The number of carbonyl (C=O) groups excluding carboxylic acids is 2.